The Balaban J connectivity index is 2.18. The van der Waals surface area contributed by atoms with Gasteiger partial charge in [-0.25, -0.2) is 0 Å². The van der Waals surface area contributed by atoms with E-state index < -0.39 is 0 Å². The SMILES string of the molecule is CCCCCCCC(C)NCC1(CC(C)C)CCCC1. The molecule has 120 valence electrons. The highest BCUT2D eigenvalue weighted by Gasteiger charge is 2.34. The minimum atomic E-state index is 0.630. The molecule has 1 rings (SSSR count). The molecule has 0 aromatic carbocycles. The predicted octanol–water partition coefficient (Wildman–Crippen LogP) is 5.93. The summed E-state index contributed by atoms with van der Waals surface area (Å²) in [6.07, 6.45) is 15.7. The molecule has 0 bridgehead atoms. The van der Waals surface area contributed by atoms with Crippen LogP contribution in [0.3, 0.4) is 0 Å². The fourth-order valence-corrected chi connectivity index (χ4v) is 3.99. The van der Waals surface area contributed by atoms with Crippen LogP contribution < -0.4 is 5.32 Å². The zero-order valence-corrected chi connectivity index (χ0v) is 14.6. The second-order valence-corrected chi connectivity index (χ2v) is 7.79. The molecule has 0 amide bonds. The van der Waals surface area contributed by atoms with Gasteiger partial charge in [-0.2, -0.15) is 0 Å². The highest BCUT2D eigenvalue weighted by Crippen LogP contribution is 2.42. The molecule has 0 aliphatic heterocycles. The molecule has 0 heterocycles. The summed E-state index contributed by atoms with van der Waals surface area (Å²) in [4.78, 5) is 0. The quantitative estimate of drug-likeness (QED) is 0.463. The molecule has 1 fully saturated rings. The Hall–Kier alpha value is -0.0400. The first-order chi connectivity index (χ1) is 9.58. The van der Waals surface area contributed by atoms with Crippen molar-refractivity contribution in [3.05, 3.63) is 0 Å². The summed E-state index contributed by atoms with van der Waals surface area (Å²) < 4.78 is 0. The van der Waals surface area contributed by atoms with E-state index in [1.165, 1.54) is 77.2 Å². The average Bonchev–Trinajstić information content (AvgIpc) is 2.84. The third-order valence-corrected chi connectivity index (χ3v) is 5.07. The molecule has 1 heteroatoms. The fourth-order valence-electron chi connectivity index (χ4n) is 3.99. The van der Waals surface area contributed by atoms with Crippen molar-refractivity contribution in [3.8, 4) is 0 Å². The van der Waals surface area contributed by atoms with Crippen LogP contribution in [0.2, 0.25) is 0 Å². The number of hydrogen-bond acceptors (Lipinski definition) is 1. The van der Waals surface area contributed by atoms with E-state index in [1.807, 2.05) is 0 Å². The molecule has 1 atom stereocenters. The van der Waals surface area contributed by atoms with E-state index >= 15 is 0 Å². The van der Waals surface area contributed by atoms with Crippen molar-refractivity contribution in [1.29, 1.82) is 0 Å². The van der Waals surface area contributed by atoms with Crippen LogP contribution in [0, 0.1) is 11.3 Å². The molecule has 1 unspecified atom stereocenters. The molecular formula is C19H39N. The molecule has 1 N–H and O–H groups in total. The first-order valence-corrected chi connectivity index (χ1v) is 9.31. The summed E-state index contributed by atoms with van der Waals surface area (Å²) >= 11 is 0. The van der Waals surface area contributed by atoms with Gasteiger partial charge in [0.15, 0.2) is 0 Å². The van der Waals surface area contributed by atoms with Gasteiger partial charge in [0.2, 0.25) is 0 Å². The van der Waals surface area contributed by atoms with Crippen LogP contribution in [-0.4, -0.2) is 12.6 Å². The zero-order valence-electron chi connectivity index (χ0n) is 14.6. The van der Waals surface area contributed by atoms with Gasteiger partial charge < -0.3 is 5.32 Å². The van der Waals surface area contributed by atoms with Gasteiger partial charge in [0.05, 0.1) is 0 Å². The maximum atomic E-state index is 3.86. The molecule has 20 heavy (non-hydrogen) atoms. The van der Waals surface area contributed by atoms with Gasteiger partial charge >= 0.3 is 0 Å². The van der Waals surface area contributed by atoms with Gasteiger partial charge in [0, 0.05) is 12.6 Å². The number of nitrogens with one attached hydrogen (secondary N) is 1. The Morgan fingerprint density at radius 2 is 1.60 bits per heavy atom. The van der Waals surface area contributed by atoms with Gasteiger partial charge in [-0.05, 0) is 43.9 Å². The van der Waals surface area contributed by atoms with Crippen molar-refractivity contribution < 1.29 is 0 Å². The van der Waals surface area contributed by atoms with E-state index in [0.29, 0.717) is 11.5 Å². The van der Waals surface area contributed by atoms with Gasteiger partial charge in [-0.3, -0.25) is 0 Å². The lowest BCUT2D eigenvalue weighted by Gasteiger charge is -2.32. The molecule has 1 aliphatic rings. The third-order valence-electron chi connectivity index (χ3n) is 5.07. The summed E-state index contributed by atoms with van der Waals surface area (Å²) in [5, 5.41) is 3.86. The number of rotatable bonds is 11. The van der Waals surface area contributed by atoms with Crippen LogP contribution in [0.15, 0.2) is 0 Å². The molecule has 0 spiro atoms. The molecule has 1 nitrogen and oxygen atoms in total. The standard InChI is InChI=1S/C19H39N/c1-5-6-7-8-9-12-18(4)20-16-19(15-17(2)3)13-10-11-14-19/h17-18,20H,5-16H2,1-4H3. The van der Waals surface area contributed by atoms with Crippen molar-refractivity contribution >= 4 is 0 Å². The van der Waals surface area contributed by atoms with Crippen LogP contribution in [0.25, 0.3) is 0 Å². The summed E-state index contributed by atoms with van der Waals surface area (Å²) in [6.45, 7) is 10.7. The van der Waals surface area contributed by atoms with Crippen LogP contribution in [0.5, 0.6) is 0 Å². The Morgan fingerprint density at radius 1 is 0.950 bits per heavy atom. The maximum Gasteiger partial charge on any atom is 0.00389 e. The first kappa shape index (κ1) is 18.0. The van der Waals surface area contributed by atoms with Crippen LogP contribution in [0.4, 0.5) is 0 Å². The predicted molar refractivity (Wildman–Crippen MR) is 91.2 cm³/mol. The van der Waals surface area contributed by atoms with Crippen molar-refractivity contribution in [2.75, 3.05) is 6.54 Å². The highest BCUT2D eigenvalue weighted by atomic mass is 14.9. The lowest BCUT2D eigenvalue weighted by molar-refractivity contribution is 0.214. The molecule has 0 aromatic heterocycles. The van der Waals surface area contributed by atoms with Crippen LogP contribution in [-0.2, 0) is 0 Å². The van der Waals surface area contributed by atoms with E-state index in [9.17, 15) is 0 Å². The first-order valence-electron chi connectivity index (χ1n) is 9.31. The normalized spacial score (nSPS) is 19.6. The summed E-state index contributed by atoms with van der Waals surface area (Å²) in [5.41, 5.74) is 0.630. The topological polar surface area (TPSA) is 12.0 Å². The summed E-state index contributed by atoms with van der Waals surface area (Å²) in [7, 11) is 0. The monoisotopic (exact) mass is 281 g/mol. The molecule has 0 saturated heterocycles. The van der Waals surface area contributed by atoms with Gasteiger partial charge in [-0.1, -0.05) is 65.7 Å². The van der Waals surface area contributed by atoms with E-state index in [0.717, 1.165) is 5.92 Å². The zero-order chi connectivity index (χ0) is 14.8. The number of unbranched alkanes of at least 4 members (excludes halogenated alkanes) is 4. The van der Waals surface area contributed by atoms with Crippen molar-refractivity contribution in [2.45, 2.75) is 104 Å². The van der Waals surface area contributed by atoms with E-state index in [-0.39, 0.29) is 0 Å². The Kier molecular flexibility index (Phi) is 8.84. The largest absolute Gasteiger partial charge is 0.314 e. The summed E-state index contributed by atoms with van der Waals surface area (Å²) in [6, 6.07) is 0.710. The lowest BCUT2D eigenvalue weighted by atomic mass is 9.78. The van der Waals surface area contributed by atoms with Gasteiger partial charge in [0.25, 0.3) is 0 Å². The van der Waals surface area contributed by atoms with Crippen molar-refractivity contribution in [2.24, 2.45) is 11.3 Å². The Labute approximate surface area is 128 Å². The smallest absolute Gasteiger partial charge is 0.00389 e. The van der Waals surface area contributed by atoms with Crippen molar-refractivity contribution in [1.82, 2.24) is 5.32 Å². The second-order valence-electron chi connectivity index (χ2n) is 7.79. The minimum absolute atomic E-state index is 0.630. The van der Waals surface area contributed by atoms with E-state index in [2.05, 4.69) is 33.0 Å². The molecule has 0 aromatic rings. The molecular weight excluding hydrogens is 242 g/mol. The highest BCUT2D eigenvalue weighted by molar-refractivity contribution is 4.88. The second kappa shape index (κ2) is 9.82. The van der Waals surface area contributed by atoms with E-state index in [4.69, 9.17) is 0 Å². The maximum absolute atomic E-state index is 3.86. The third kappa shape index (κ3) is 7.11. The fraction of sp³-hybridized carbons (Fsp3) is 1.00. The van der Waals surface area contributed by atoms with Crippen molar-refractivity contribution in [3.63, 3.8) is 0 Å². The van der Waals surface area contributed by atoms with Gasteiger partial charge in [0.1, 0.15) is 0 Å². The van der Waals surface area contributed by atoms with Gasteiger partial charge in [-0.15, -0.1) is 0 Å². The summed E-state index contributed by atoms with van der Waals surface area (Å²) in [5.74, 6) is 0.847. The van der Waals surface area contributed by atoms with Crippen LogP contribution in [0.1, 0.15) is 98.3 Å². The minimum Gasteiger partial charge on any atom is -0.314 e. The van der Waals surface area contributed by atoms with E-state index in [1.54, 1.807) is 0 Å². The molecule has 1 aliphatic carbocycles. The van der Waals surface area contributed by atoms with Crippen LogP contribution >= 0.6 is 0 Å². The Bertz CT molecular complexity index is 228. The molecule has 1 saturated carbocycles. The number of hydrogen-bond donors (Lipinski definition) is 1. The Morgan fingerprint density at radius 3 is 2.20 bits per heavy atom. The molecule has 0 radical (unpaired) electrons. The average molecular weight is 282 g/mol. The lowest BCUT2D eigenvalue weighted by Crippen LogP contribution is -2.38.